The van der Waals surface area contributed by atoms with Crippen molar-refractivity contribution in [3.8, 4) is 0 Å². The molecule has 0 aromatic rings. The van der Waals surface area contributed by atoms with Crippen molar-refractivity contribution in [2.75, 3.05) is 0 Å². The fraction of sp³-hybridized carbons (Fsp3) is 0.600. The predicted octanol–water partition coefficient (Wildman–Crippen LogP) is 0.636. The number of aliphatic carboxylic acids is 4. The minimum atomic E-state index is -1.31. The molecule has 0 radical (unpaired) electrons. The fourth-order valence-electron chi connectivity index (χ4n) is 0.259. The molecule has 10 nitrogen and oxygen atoms in total. The first kappa shape index (κ1) is 31.3. The number of rotatable bonds is 4. The molecule has 0 unspecified atom stereocenters. The van der Waals surface area contributed by atoms with E-state index in [1.807, 2.05) is 27.7 Å². The van der Waals surface area contributed by atoms with Crippen LogP contribution in [-0.4, -0.2) is 44.3 Å². The molecule has 0 heterocycles. The van der Waals surface area contributed by atoms with E-state index in [1.54, 1.807) is 0 Å². The van der Waals surface area contributed by atoms with Crippen molar-refractivity contribution < 1.29 is 48.0 Å². The Morgan fingerprint density at radius 3 is 0.714 bits per heavy atom. The Morgan fingerprint density at radius 2 is 0.714 bits per heavy atom. The Balaban J connectivity index is -0.0000000573. The summed E-state index contributed by atoms with van der Waals surface area (Å²) >= 11 is -1.08. The summed E-state index contributed by atoms with van der Waals surface area (Å²) in [7, 11) is 0. The second-order valence-corrected chi connectivity index (χ2v) is 2.15. The highest BCUT2D eigenvalue weighted by Crippen LogP contribution is 1.74. The Labute approximate surface area is 125 Å². The number of carboxylic acids is 4. The van der Waals surface area contributed by atoms with Gasteiger partial charge in [0, 0.05) is 0 Å². The van der Waals surface area contributed by atoms with Crippen LogP contribution in [0.2, 0.25) is 0 Å². The van der Waals surface area contributed by atoms with Gasteiger partial charge in [0.15, 0.2) is 0 Å². The number of carbonyl (C=O) groups is 4. The van der Waals surface area contributed by atoms with E-state index in [0.29, 0.717) is 0 Å². The normalized spacial score (nSPS) is 6.67. The lowest BCUT2D eigenvalue weighted by atomic mass is 10.5. The zero-order valence-electron chi connectivity index (χ0n) is 12.1. The van der Waals surface area contributed by atoms with Gasteiger partial charge in [0.25, 0.3) is 0 Å². The van der Waals surface area contributed by atoms with Crippen molar-refractivity contribution in [2.24, 2.45) is 0 Å². The molecule has 0 atom stereocenters. The minimum absolute atomic E-state index is 0.806. The summed E-state index contributed by atoms with van der Waals surface area (Å²) in [5, 5.41) is 30.8. The third-order valence-corrected chi connectivity index (χ3v) is 0.605. The highest BCUT2D eigenvalue weighted by atomic mass is 32.1. The second kappa shape index (κ2) is 30.7. The lowest BCUT2D eigenvalue weighted by Gasteiger charge is -1.80. The topological polar surface area (TPSA) is 183 Å². The first-order chi connectivity index (χ1) is 9.67. The molecule has 0 aliphatic rings. The highest BCUT2D eigenvalue weighted by Gasteiger charge is 2.02. The van der Waals surface area contributed by atoms with E-state index >= 15 is 0 Å². The van der Waals surface area contributed by atoms with Crippen molar-refractivity contribution in [3.05, 3.63) is 0 Å². The van der Waals surface area contributed by atoms with Crippen molar-refractivity contribution >= 4 is 35.4 Å². The van der Waals surface area contributed by atoms with Gasteiger partial charge in [-0.3, -0.25) is 19.2 Å². The maximum Gasteiger partial charge on any atom is 0.314 e. The standard InChI is InChI=1S/2C3H4O4.2C2H6.HO2S/c2*4-2(5)1-3(6)7;2*1-2;1-3-2/h2*1H2,(H,4,5)(H,6,7);2*1-2H3;3H/q;;;;-1. The number of carboxylic acid groups (broad SMARTS) is 4. The van der Waals surface area contributed by atoms with Gasteiger partial charge in [-0.1, -0.05) is 39.3 Å². The van der Waals surface area contributed by atoms with Gasteiger partial charge in [-0.05, 0) is 0 Å². The van der Waals surface area contributed by atoms with Crippen molar-refractivity contribution in [1.29, 1.82) is 0 Å². The molecule has 0 fully saturated rings. The monoisotopic (exact) mass is 333 g/mol. The van der Waals surface area contributed by atoms with Crippen LogP contribution in [0.25, 0.3) is 0 Å². The number of hydrogen-bond acceptors (Lipinski definition) is 7. The Hall–Kier alpha value is -2.17. The van der Waals surface area contributed by atoms with Crippen LogP contribution in [0, 0.1) is 0 Å². The van der Waals surface area contributed by atoms with E-state index in [9.17, 15) is 19.2 Å². The molecule has 0 aromatic carbocycles. The van der Waals surface area contributed by atoms with Crippen LogP contribution in [0.4, 0.5) is 0 Å². The molecule has 0 saturated carbocycles. The smallest absolute Gasteiger partial charge is 0.314 e. The molecule has 21 heavy (non-hydrogen) atoms. The Morgan fingerprint density at radius 1 is 0.619 bits per heavy atom. The quantitative estimate of drug-likeness (QED) is 0.323. The molecular formula is C10H21O10S-. The molecule has 0 amide bonds. The van der Waals surface area contributed by atoms with E-state index < -0.39 is 48.3 Å². The first-order valence-corrected chi connectivity index (χ1v) is 6.22. The SMILES string of the molecule is CC.CC.O=C(O)CC(=O)O.O=C(O)CC(=O)O.O=[SH-]=O. The lowest BCUT2D eigenvalue weighted by molar-refractivity contribution is -0.149. The summed E-state index contributed by atoms with van der Waals surface area (Å²) in [5.74, 6) is -5.25. The minimum Gasteiger partial charge on any atom is -0.481 e. The van der Waals surface area contributed by atoms with Crippen molar-refractivity contribution in [1.82, 2.24) is 0 Å². The lowest BCUT2D eigenvalue weighted by Crippen LogP contribution is -2.03. The maximum absolute atomic E-state index is 9.43. The molecule has 0 aromatic heterocycles. The molecular weight excluding hydrogens is 312 g/mol. The summed E-state index contributed by atoms with van der Waals surface area (Å²) in [6.07, 6.45) is -1.61. The van der Waals surface area contributed by atoms with Crippen LogP contribution in [0.5, 0.6) is 0 Å². The van der Waals surface area contributed by atoms with Gasteiger partial charge >= 0.3 is 23.9 Å². The van der Waals surface area contributed by atoms with Gasteiger partial charge in [0.05, 0.1) is 0 Å². The summed E-state index contributed by atoms with van der Waals surface area (Å²) in [6, 6.07) is 0. The third-order valence-electron chi connectivity index (χ3n) is 0.605. The number of thiol groups is 1. The number of hydrogen-bond donors (Lipinski definition) is 4. The van der Waals surface area contributed by atoms with E-state index in [0.717, 1.165) is 0 Å². The van der Waals surface area contributed by atoms with Gasteiger partial charge < -0.3 is 28.8 Å². The molecule has 0 aliphatic carbocycles. The van der Waals surface area contributed by atoms with Crippen LogP contribution in [0.3, 0.4) is 0 Å². The average Bonchev–Trinajstić information content (AvgIpc) is 2.32. The average molecular weight is 333 g/mol. The van der Waals surface area contributed by atoms with Crippen molar-refractivity contribution in [3.63, 3.8) is 0 Å². The van der Waals surface area contributed by atoms with Gasteiger partial charge in [-0.2, -0.15) is 0 Å². The van der Waals surface area contributed by atoms with Gasteiger partial charge in [-0.15, -0.1) is 0 Å². The summed E-state index contributed by atoms with van der Waals surface area (Å²) in [6.45, 7) is 8.00. The van der Waals surface area contributed by atoms with Crippen LogP contribution in [0.15, 0.2) is 0 Å². The molecule has 0 bridgehead atoms. The van der Waals surface area contributed by atoms with Gasteiger partial charge in [-0.25, -0.2) is 0 Å². The van der Waals surface area contributed by atoms with E-state index in [4.69, 9.17) is 28.8 Å². The molecule has 0 rings (SSSR count). The van der Waals surface area contributed by atoms with Crippen LogP contribution in [0.1, 0.15) is 40.5 Å². The molecule has 0 aliphatic heterocycles. The van der Waals surface area contributed by atoms with E-state index in [2.05, 4.69) is 0 Å². The zero-order valence-corrected chi connectivity index (χ0v) is 13.0. The molecule has 0 spiro atoms. The fourth-order valence-corrected chi connectivity index (χ4v) is 0.259. The van der Waals surface area contributed by atoms with E-state index in [1.165, 1.54) is 0 Å². The molecule has 128 valence electrons. The summed E-state index contributed by atoms with van der Waals surface area (Å²) in [5.41, 5.74) is 0. The molecule has 4 N–H and O–H groups in total. The van der Waals surface area contributed by atoms with Crippen LogP contribution in [-0.2, 0) is 39.2 Å². The van der Waals surface area contributed by atoms with Gasteiger partial charge in [0.1, 0.15) is 12.8 Å². The first-order valence-electron chi connectivity index (χ1n) is 5.49. The predicted molar refractivity (Wildman–Crippen MR) is 72.6 cm³/mol. The molecule has 11 heteroatoms. The summed E-state index contributed by atoms with van der Waals surface area (Å²) < 4.78 is 16.7. The van der Waals surface area contributed by atoms with Crippen molar-refractivity contribution in [2.45, 2.75) is 40.5 Å². The van der Waals surface area contributed by atoms with E-state index in [-0.39, 0.29) is 0 Å². The zero-order chi connectivity index (χ0) is 18.4. The second-order valence-electron chi connectivity index (χ2n) is 2.00. The maximum atomic E-state index is 9.43. The highest BCUT2D eigenvalue weighted by molar-refractivity contribution is 7.51. The summed E-state index contributed by atoms with van der Waals surface area (Å²) in [4.78, 5) is 37.7. The van der Waals surface area contributed by atoms with Gasteiger partial charge in [0.2, 0.25) is 0 Å². The molecule has 0 saturated heterocycles. The Kier molecular flexibility index (Phi) is 45.7. The third kappa shape index (κ3) is 131. The Bertz CT molecular complexity index is 270. The van der Waals surface area contributed by atoms with Crippen LogP contribution < -0.4 is 0 Å². The largest absolute Gasteiger partial charge is 0.481 e. The van der Waals surface area contributed by atoms with Crippen LogP contribution >= 0.6 is 0 Å².